The Morgan fingerprint density at radius 3 is 2.66 bits per heavy atom. The Morgan fingerprint density at radius 2 is 2.00 bits per heavy atom. The number of hydrogen-bond acceptors (Lipinski definition) is 4. The molecule has 1 aromatic carbocycles. The smallest absolute Gasteiger partial charge is 0.263 e. The quantitative estimate of drug-likeness (QED) is 0.635. The maximum Gasteiger partial charge on any atom is 0.263 e. The second-order valence-electron chi connectivity index (χ2n) is 7.20. The first-order valence-electron chi connectivity index (χ1n) is 9.13. The highest BCUT2D eigenvalue weighted by Crippen LogP contribution is 2.33. The van der Waals surface area contributed by atoms with Gasteiger partial charge in [-0.1, -0.05) is 11.6 Å². The van der Waals surface area contributed by atoms with Crippen molar-refractivity contribution in [2.24, 2.45) is 13.0 Å². The van der Waals surface area contributed by atoms with Gasteiger partial charge in [-0.05, 0) is 31.5 Å². The monoisotopic (exact) mass is 422 g/mol. The maximum absolute atomic E-state index is 14.7. The number of hydrogen-bond donors (Lipinski definition) is 0. The molecular weight excluding hydrogens is 405 g/mol. The Kier molecular flexibility index (Phi) is 4.98. The van der Waals surface area contributed by atoms with Crippen LogP contribution < -0.4 is 10.5 Å². The van der Waals surface area contributed by atoms with Gasteiger partial charge < -0.3 is 4.90 Å². The van der Waals surface area contributed by atoms with Crippen LogP contribution in [-0.4, -0.2) is 34.1 Å². The largest absolute Gasteiger partial charge is 0.356 e. The lowest BCUT2D eigenvalue weighted by atomic mass is 10.1. The van der Waals surface area contributed by atoms with E-state index in [-0.39, 0.29) is 33.8 Å². The Labute approximate surface area is 169 Å². The van der Waals surface area contributed by atoms with Crippen molar-refractivity contribution < 1.29 is 13.2 Å². The molecule has 1 aliphatic rings. The molecule has 0 radical (unpaired) electrons. The number of aryl methyl sites for hydroxylation is 1. The van der Waals surface area contributed by atoms with Gasteiger partial charge in [-0.2, -0.15) is 0 Å². The fourth-order valence-corrected chi connectivity index (χ4v) is 3.78. The van der Waals surface area contributed by atoms with E-state index in [0.29, 0.717) is 30.1 Å². The van der Waals surface area contributed by atoms with E-state index in [0.717, 1.165) is 6.07 Å². The molecular formula is C20H18ClF3N4O. The van der Waals surface area contributed by atoms with Crippen LogP contribution >= 0.6 is 11.6 Å². The summed E-state index contributed by atoms with van der Waals surface area (Å²) in [5, 5.41) is 0.389. The van der Waals surface area contributed by atoms with E-state index in [1.54, 1.807) is 24.9 Å². The van der Waals surface area contributed by atoms with Gasteiger partial charge in [-0.15, -0.1) is 0 Å². The molecule has 0 unspecified atom stereocenters. The Bertz CT molecular complexity index is 1160. The molecule has 0 amide bonds. The van der Waals surface area contributed by atoms with E-state index in [4.69, 9.17) is 11.6 Å². The summed E-state index contributed by atoms with van der Waals surface area (Å²) >= 11 is 5.86. The second-order valence-corrected chi connectivity index (χ2v) is 7.64. The maximum atomic E-state index is 14.7. The number of benzene rings is 1. The van der Waals surface area contributed by atoms with Crippen LogP contribution in [0.2, 0.25) is 5.02 Å². The van der Waals surface area contributed by atoms with E-state index >= 15 is 0 Å². The SMILES string of the molecule is Cc1nc2cc(N3CC[C@@H](C(F)F)C3)nc(-c3ccc(Cl)cc3F)c2c(=O)n1C. The summed E-state index contributed by atoms with van der Waals surface area (Å²) in [5.41, 5.74) is 0.220. The van der Waals surface area contributed by atoms with E-state index in [2.05, 4.69) is 9.97 Å². The molecule has 1 atom stereocenters. The van der Waals surface area contributed by atoms with Crippen molar-refractivity contribution >= 4 is 28.3 Å². The van der Waals surface area contributed by atoms with Gasteiger partial charge in [0, 0.05) is 42.7 Å². The predicted molar refractivity (Wildman–Crippen MR) is 106 cm³/mol. The number of rotatable bonds is 3. The van der Waals surface area contributed by atoms with Crippen LogP contribution in [0.3, 0.4) is 0 Å². The van der Waals surface area contributed by atoms with Gasteiger partial charge in [-0.25, -0.2) is 23.1 Å². The molecule has 0 saturated carbocycles. The predicted octanol–water partition coefficient (Wildman–Crippen LogP) is 4.19. The van der Waals surface area contributed by atoms with Gasteiger partial charge in [0.25, 0.3) is 5.56 Å². The summed E-state index contributed by atoms with van der Waals surface area (Å²) in [6.45, 7) is 2.23. The minimum Gasteiger partial charge on any atom is -0.356 e. The highest BCUT2D eigenvalue weighted by molar-refractivity contribution is 6.30. The fraction of sp³-hybridized carbons (Fsp3) is 0.350. The van der Waals surface area contributed by atoms with E-state index in [9.17, 15) is 18.0 Å². The normalized spacial score (nSPS) is 16.9. The molecule has 4 rings (SSSR count). The summed E-state index contributed by atoms with van der Waals surface area (Å²) in [7, 11) is 1.58. The number of fused-ring (bicyclic) bond motifs is 1. The van der Waals surface area contributed by atoms with Gasteiger partial charge >= 0.3 is 0 Å². The highest BCUT2D eigenvalue weighted by atomic mass is 35.5. The first kappa shape index (κ1) is 19.7. The molecule has 0 aliphatic carbocycles. The number of nitrogens with zero attached hydrogens (tertiary/aromatic N) is 4. The van der Waals surface area contributed by atoms with Crippen molar-refractivity contribution in [3.05, 3.63) is 51.3 Å². The van der Waals surface area contributed by atoms with Crippen LogP contribution in [0, 0.1) is 18.7 Å². The van der Waals surface area contributed by atoms with Gasteiger partial charge in [0.2, 0.25) is 6.43 Å². The third-order valence-electron chi connectivity index (χ3n) is 5.36. The van der Waals surface area contributed by atoms with E-state index < -0.39 is 18.2 Å². The van der Waals surface area contributed by atoms with Crippen LogP contribution in [0.15, 0.2) is 29.1 Å². The summed E-state index contributed by atoms with van der Waals surface area (Å²) in [6, 6.07) is 5.71. The number of aromatic nitrogens is 3. The first-order chi connectivity index (χ1) is 13.8. The lowest BCUT2D eigenvalue weighted by Gasteiger charge is -2.20. The zero-order valence-corrected chi connectivity index (χ0v) is 16.6. The van der Waals surface area contributed by atoms with Crippen molar-refractivity contribution in [3.63, 3.8) is 0 Å². The molecule has 1 saturated heterocycles. The Hall–Kier alpha value is -2.61. The molecule has 5 nitrogen and oxygen atoms in total. The summed E-state index contributed by atoms with van der Waals surface area (Å²) in [6.07, 6.45) is -2.08. The average molecular weight is 423 g/mol. The molecule has 0 N–H and O–H groups in total. The molecule has 29 heavy (non-hydrogen) atoms. The molecule has 1 aliphatic heterocycles. The van der Waals surface area contributed by atoms with Gasteiger partial charge in [0.15, 0.2) is 0 Å². The number of halogens is 4. The van der Waals surface area contributed by atoms with Crippen molar-refractivity contribution in [1.82, 2.24) is 14.5 Å². The lowest BCUT2D eigenvalue weighted by Crippen LogP contribution is -2.25. The Morgan fingerprint density at radius 1 is 1.24 bits per heavy atom. The van der Waals surface area contributed by atoms with Gasteiger partial charge in [-0.3, -0.25) is 9.36 Å². The number of alkyl halides is 2. The summed E-state index contributed by atoms with van der Waals surface area (Å²) < 4.78 is 42.3. The minimum atomic E-state index is -2.42. The molecule has 0 bridgehead atoms. The minimum absolute atomic E-state index is 0.105. The van der Waals surface area contributed by atoms with E-state index in [1.165, 1.54) is 16.7 Å². The van der Waals surface area contributed by atoms with Crippen molar-refractivity contribution in [2.75, 3.05) is 18.0 Å². The molecule has 1 fully saturated rings. The van der Waals surface area contributed by atoms with Crippen LogP contribution in [0.1, 0.15) is 12.2 Å². The average Bonchev–Trinajstić information content (AvgIpc) is 3.16. The molecule has 9 heteroatoms. The molecule has 0 spiro atoms. The third-order valence-corrected chi connectivity index (χ3v) is 5.60. The standard InChI is InChI=1S/C20H18ClF3N4O/c1-10-25-15-8-16(28-6-5-11(9-28)19(23)24)26-18(17(15)20(29)27(10)2)13-4-3-12(21)7-14(13)22/h3-4,7-8,11,19H,5-6,9H2,1-2H3/t11-/m1/s1. The fourth-order valence-electron chi connectivity index (χ4n) is 3.62. The van der Waals surface area contributed by atoms with Crippen molar-refractivity contribution in [1.29, 1.82) is 0 Å². The zero-order valence-electron chi connectivity index (χ0n) is 15.8. The number of anilines is 1. The third kappa shape index (κ3) is 3.46. The molecule has 152 valence electrons. The van der Waals surface area contributed by atoms with Crippen molar-refractivity contribution in [3.8, 4) is 11.3 Å². The lowest BCUT2D eigenvalue weighted by molar-refractivity contribution is 0.0880. The van der Waals surface area contributed by atoms with Crippen LogP contribution in [0.5, 0.6) is 0 Å². The first-order valence-corrected chi connectivity index (χ1v) is 9.51. The molecule has 2 aromatic heterocycles. The van der Waals surface area contributed by atoms with Crippen LogP contribution in [0.4, 0.5) is 19.0 Å². The number of pyridine rings is 1. The van der Waals surface area contributed by atoms with Gasteiger partial charge in [0.05, 0.1) is 16.6 Å². The summed E-state index contributed by atoms with van der Waals surface area (Å²) in [5.74, 6) is -0.501. The van der Waals surface area contributed by atoms with Crippen LogP contribution in [-0.2, 0) is 7.05 Å². The second kappa shape index (κ2) is 7.33. The van der Waals surface area contributed by atoms with Crippen molar-refractivity contribution in [2.45, 2.75) is 19.8 Å². The molecule has 3 heterocycles. The van der Waals surface area contributed by atoms with Crippen LogP contribution in [0.25, 0.3) is 22.2 Å². The summed E-state index contributed by atoms with van der Waals surface area (Å²) in [4.78, 5) is 23.6. The molecule has 3 aromatic rings. The Balaban J connectivity index is 1.97. The van der Waals surface area contributed by atoms with E-state index in [1.807, 2.05) is 0 Å². The highest BCUT2D eigenvalue weighted by Gasteiger charge is 2.31. The topological polar surface area (TPSA) is 51.0 Å². The van der Waals surface area contributed by atoms with Gasteiger partial charge in [0.1, 0.15) is 17.5 Å². The zero-order chi connectivity index (χ0) is 20.9.